The highest BCUT2D eigenvalue weighted by atomic mass is 16.3. The number of hydrogen-bond acceptors (Lipinski definition) is 3. The number of nitrogens with zero attached hydrogens (tertiary/aromatic N) is 5. The van der Waals surface area contributed by atoms with Gasteiger partial charge in [0.2, 0.25) is 5.69 Å². The lowest BCUT2D eigenvalue weighted by Crippen LogP contribution is -2.01. The second-order valence-corrected chi connectivity index (χ2v) is 21.1. The molecule has 0 saturated heterocycles. The highest BCUT2D eigenvalue weighted by Gasteiger charge is 2.29. The molecule has 16 aromatic rings. The van der Waals surface area contributed by atoms with E-state index in [2.05, 4.69) is 246 Å². The molecule has 16 rings (SSSR count). The van der Waals surface area contributed by atoms with Crippen LogP contribution >= 0.6 is 0 Å². The summed E-state index contributed by atoms with van der Waals surface area (Å²) in [7, 11) is 0. The van der Waals surface area contributed by atoms with Crippen LogP contribution in [0.2, 0.25) is 0 Å². The summed E-state index contributed by atoms with van der Waals surface area (Å²) in [6, 6.07) is 100. The highest BCUT2D eigenvalue weighted by Crippen LogP contribution is 2.50. The van der Waals surface area contributed by atoms with Gasteiger partial charge in [-0.05, 0) is 111 Å². The molecule has 0 aliphatic rings. The van der Waals surface area contributed by atoms with E-state index >= 15 is 0 Å². The van der Waals surface area contributed by atoms with Crippen molar-refractivity contribution in [3.05, 3.63) is 297 Å². The number of fused-ring (bicyclic) bond motifs is 9. The largest absolute Gasteiger partial charge is 0.455 e. The first-order valence-corrected chi connectivity index (χ1v) is 27.9. The summed E-state index contributed by atoms with van der Waals surface area (Å²) in [5, 5.41) is 5.99. The van der Waals surface area contributed by atoms with Crippen molar-refractivity contribution in [1.29, 1.82) is 0 Å². The maximum absolute atomic E-state index is 9.62. The predicted octanol–water partition coefficient (Wildman–Crippen LogP) is 20.8. The Bertz CT molecular complexity index is 4980. The number of aromatic nitrogens is 4. The zero-order valence-corrected chi connectivity index (χ0v) is 44.8. The van der Waals surface area contributed by atoms with Gasteiger partial charge in [-0.1, -0.05) is 218 Å². The summed E-state index contributed by atoms with van der Waals surface area (Å²) >= 11 is 0. The van der Waals surface area contributed by atoms with Crippen molar-refractivity contribution in [2.75, 3.05) is 0 Å². The van der Waals surface area contributed by atoms with E-state index in [1.807, 2.05) is 48.5 Å². The summed E-state index contributed by atoms with van der Waals surface area (Å²) in [5.41, 5.74) is 20.3. The van der Waals surface area contributed by atoms with Crippen LogP contribution in [0.1, 0.15) is 0 Å². The molecule has 0 atom stereocenters. The molecule has 4 aromatic heterocycles. The summed E-state index contributed by atoms with van der Waals surface area (Å²) in [6.07, 6.45) is 0. The van der Waals surface area contributed by atoms with Gasteiger partial charge in [0.15, 0.2) is 5.82 Å². The molecular weight excluding hydrogens is 1010 g/mol. The van der Waals surface area contributed by atoms with Crippen LogP contribution < -0.4 is 0 Å². The molecule has 0 N–H and O–H groups in total. The summed E-state index contributed by atoms with van der Waals surface area (Å²) in [6.45, 7) is 9.62. The van der Waals surface area contributed by atoms with E-state index in [1.54, 1.807) is 0 Å². The Morgan fingerprint density at radius 2 is 0.723 bits per heavy atom. The molecule has 0 unspecified atom stereocenters. The molecule has 386 valence electrons. The number of hydrogen-bond donors (Lipinski definition) is 0. The first-order chi connectivity index (χ1) is 41.1. The normalized spacial score (nSPS) is 11.6. The van der Waals surface area contributed by atoms with Gasteiger partial charge in [0.05, 0.1) is 51.4 Å². The predicted molar refractivity (Wildman–Crippen MR) is 342 cm³/mol. The van der Waals surface area contributed by atoms with E-state index in [0.717, 1.165) is 133 Å². The van der Waals surface area contributed by atoms with Crippen LogP contribution in [0.25, 0.3) is 160 Å². The molecule has 0 bridgehead atoms. The van der Waals surface area contributed by atoms with Gasteiger partial charge >= 0.3 is 0 Å². The van der Waals surface area contributed by atoms with Gasteiger partial charge in [-0.2, -0.15) is 0 Å². The summed E-state index contributed by atoms with van der Waals surface area (Å²) < 4.78 is 12.1. The molecule has 12 aromatic carbocycles. The van der Waals surface area contributed by atoms with Crippen molar-refractivity contribution in [2.24, 2.45) is 0 Å². The number of furan rings is 1. The average Bonchev–Trinajstić information content (AvgIpc) is 2.35. The second-order valence-electron chi connectivity index (χ2n) is 21.1. The van der Waals surface area contributed by atoms with Crippen LogP contribution in [0.15, 0.2) is 290 Å². The lowest BCUT2D eigenvalue weighted by Gasteiger charge is -2.18. The van der Waals surface area contributed by atoms with Gasteiger partial charge in [-0.15, -0.1) is 0 Å². The molecule has 0 amide bonds. The molecule has 0 spiro atoms. The third kappa shape index (κ3) is 7.94. The third-order valence-corrected chi connectivity index (χ3v) is 16.4. The van der Waals surface area contributed by atoms with Crippen molar-refractivity contribution in [1.82, 2.24) is 19.1 Å². The first-order valence-electron chi connectivity index (χ1n) is 27.9. The molecule has 0 aliphatic carbocycles. The van der Waals surface area contributed by atoms with E-state index in [1.165, 1.54) is 0 Å². The van der Waals surface area contributed by atoms with Crippen LogP contribution in [0, 0.1) is 6.57 Å². The zero-order chi connectivity index (χ0) is 55.0. The monoisotopic (exact) mass is 1060 g/mol. The third-order valence-electron chi connectivity index (χ3n) is 16.4. The second kappa shape index (κ2) is 19.5. The zero-order valence-electron chi connectivity index (χ0n) is 44.8. The Balaban J connectivity index is 1.04. The Labute approximate surface area is 478 Å². The minimum atomic E-state index is 0.488. The van der Waals surface area contributed by atoms with Crippen LogP contribution in [-0.2, 0) is 0 Å². The molecule has 6 heteroatoms. The van der Waals surface area contributed by atoms with Gasteiger partial charge in [0, 0.05) is 49.0 Å². The fourth-order valence-electron chi connectivity index (χ4n) is 12.5. The Morgan fingerprint density at radius 1 is 0.325 bits per heavy atom. The molecule has 0 saturated carbocycles. The fraction of sp³-hybridized carbons (Fsp3) is 0. The van der Waals surface area contributed by atoms with E-state index < -0.39 is 0 Å². The summed E-state index contributed by atoms with van der Waals surface area (Å²) in [4.78, 5) is 15.2. The van der Waals surface area contributed by atoms with Crippen LogP contribution in [0.5, 0.6) is 0 Å². The smallest absolute Gasteiger partial charge is 0.234 e. The van der Waals surface area contributed by atoms with E-state index in [-0.39, 0.29) is 0 Å². The van der Waals surface area contributed by atoms with Gasteiger partial charge in [-0.25, -0.2) is 14.8 Å². The number of para-hydroxylation sites is 1. The lowest BCUT2D eigenvalue weighted by atomic mass is 10.0. The molecular formula is C77H47N5O. The van der Waals surface area contributed by atoms with Crippen LogP contribution in [0.4, 0.5) is 5.69 Å². The number of benzene rings is 12. The van der Waals surface area contributed by atoms with Crippen LogP contribution in [-0.4, -0.2) is 19.1 Å². The van der Waals surface area contributed by atoms with E-state index in [9.17, 15) is 6.57 Å². The van der Waals surface area contributed by atoms with Gasteiger partial charge < -0.3 is 13.6 Å². The van der Waals surface area contributed by atoms with E-state index in [0.29, 0.717) is 28.4 Å². The van der Waals surface area contributed by atoms with Crippen molar-refractivity contribution < 1.29 is 4.42 Å². The van der Waals surface area contributed by atoms with Gasteiger partial charge in [0.25, 0.3) is 0 Å². The molecule has 0 aliphatic heterocycles. The number of rotatable bonds is 9. The van der Waals surface area contributed by atoms with Gasteiger partial charge in [0.1, 0.15) is 11.2 Å². The minimum Gasteiger partial charge on any atom is -0.455 e. The van der Waals surface area contributed by atoms with Crippen molar-refractivity contribution in [2.45, 2.75) is 0 Å². The first kappa shape index (κ1) is 47.6. The van der Waals surface area contributed by atoms with Crippen molar-refractivity contribution in [3.8, 4) is 89.8 Å². The van der Waals surface area contributed by atoms with Gasteiger partial charge in [-0.3, -0.25) is 0 Å². The topological polar surface area (TPSA) is 53.1 Å². The fourth-order valence-corrected chi connectivity index (χ4v) is 12.5. The standard InChI is InChI=1S/C77H47N5O/c1-78-74-71(81-67-39-35-55(49-21-8-2-9-22-49)43-61(67)62-44-56(36-40-68(62)81)50-23-10-3-11-24-50)48-72-73(60-34-20-33-59(76(60)83-72)66-47-65(53-29-16-6-17-30-53)79-77(80-66)54-31-18-7-19-32-54)75(74)82-69-41-37-57(51-25-12-4-13-26-51)45-63(69)64-46-58(38-42-70(64)82)52-27-14-5-15-28-52/h2-48H. The molecule has 83 heavy (non-hydrogen) atoms. The maximum atomic E-state index is 9.62. The summed E-state index contributed by atoms with van der Waals surface area (Å²) in [5.74, 6) is 0.612. The minimum absolute atomic E-state index is 0.488. The lowest BCUT2D eigenvalue weighted by molar-refractivity contribution is 0.669. The Kier molecular flexibility index (Phi) is 11.2. The average molecular weight is 1060 g/mol. The van der Waals surface area contributed by atoms with E-state index in [4.69, 9.17) is 19.2 Å². The molecule has 6 nitrogen and oxygen atoms in total. The Hall–Kier alpha value is -11.4. The highest BCUT2D eigenvalue weighted by molar-refractivity contribution is 6.21. The Morgan fingerprint density at radius 3 is 1.16 bits per heavy atom. The SMILES string of the molecule is [C-]#[N+]c1c(-n2c3ccc(-c4ccccc4)cc3c3cc(-c4ccccc4)ccc32)cc2oc3c(-c4cc(-c5ccccc5)nc(-c5ccccc5)n4)cccc3c2c1-n1c2ccc(-c3ccccc3)cc2c2cc(-c3ccccc3)ccc21. The quantitative estimate of drug-likeness (QED) is 0.135. The maximum Gasteiger partial charge on any atom is 0.234 e. The molecule has 4 heterocycles. The molecule has 0 radical (unpaired) electrons. The van der Waals surface area contributed by atoms with Crippen molar-refractivity contribution in [3.63, 3.8) is 0 Å². The van der Waals surface area contributed by atoms with Crippen LogP contribution in [0.3, 0.4) is 0 Å². The van der Waals surface area contributed by atoms with Crippen molar-refractivity contribution >= 4 is 71.2 Å². The molecule has 0 fully saturated rings.